The molecule has 0 heterocycles. The minimum Gasteiger partial charge on any atom is -0.0654 e. The van der Waals surface area contributed by atoms with Crippen LogP contribution in [0.5, 0.6) is 0 Å². The van der Waals surface area contributed by atoms with E-state index in [0.29, 0.717) is 0 Å². The summed E-state index contributed by atoms with van der Waals surface area (Å²) >= 11 is 0. The van der Waals surface area contributed by atoms with E-state index in [9.17, 15) is 0 Å². The third kappa shape index (κ3) is 4.99. The van der Waals surface area contributed by atoms with Gasteiger partial charge in [-0.1, -0.05) is 122 Å². The van der Waals surface area contributed by atoms with Crippen molar-refractivity contribution in [3.05, 3.63) is 102 Å². The quantitative estimate of drug-likeness (QED) is 0.415. The Labute approximate surface area is 166 Å². The molecule has 0 aliphatic carbocycles. The normalized spacial score (nSPS) is 13.9. The summed E-state index contributed by atoms with van der Waals surface area (Å²) in [7, 11) is -1.45. The van der Waals surface area contributed by atoms with Gasteiger partial charge < -0.3 is 0 Å². The Morgan fingerprint density at radius 2 is 1.30 bits per heavy atom. The summed E-state index contributed by atoms with van der Waals surface area (Å²) in [5.41, 5.74) is 4.39. The molecule has 0 fully saturated rings. The predicted octanol–water partition coefficient (Wildman–Crippen LogP) is 6.50. The summed E-state index contributed by atoms with van der Waals surface area (Å²) in [5.74, 6) is 0. The first-order valence-electron chi connectivity index (χ1n) is 10.1. The van der Waals surface area contributed by atoms with Gasteiger partial charge in [-0.05, 0) is 36.3 Å². The second-order valence-electron chi connectivity index (χ2n) is 8.84. The minimum absolute atomic E-state index is 0.161. The van der Waals surface area contributed by atoms with Crippen LogP contribution in [0.1, 0.15) is 30.0 Å². The third-order valence-corrected chi connectivity index (χ3v) is 9.44. The number of hydrogen-bond donors (Lipinski definition) is 0. The van der Waals surface area contributed by atoms with Crippen LogP contribution in [0.15, 0.2) is 84.9 Å². The van der Waals surface area contributed by atoms with Crippen molar-refractivity contribution in [1.29, 1.82) is 0 Å². The van der Waals surface area contributed by atoms with E-state index in [0.717, 1.165) is 6.42 Å². The molecule has 0 amide bonds. The van der Waals surface area contributed by atoms with E-state index < -0.39 is 8.07 Å². The van der Waals surface area contributed by atoms with Crippen LogP contribution >= 0.6 is 0 Å². The van der Waals surface area contributed by atoms with Gasteiger partial charge in [0.2, 0.25) is 0 Å². The highest BCUT2D eigenvalue weighted by Gasteiger charge is 2.31. The molecule has 0 saturated heterocycles. The molecule has 0 bridgehead atoms. The van der Waals surface area contributed by atoms with Gasteiger partial charge in [0, 0.05) is 0 Å². The molecule has 0 radical (unpaired) electrons. The van der Waals surface area contributed by atoms with Gasteiger partial charge in [-0.3, -0.25) is 0 Å². The number of aryl methyl sites for hydroxylation is 1. The molecule has 1 atom stereocenters. The maximum Gasteiger partial charge on any atom is 0.0806 e. The second-order valence-corrected chi connectivity index (χ2v) is 13.7. The maximum absolute atomic E-state index is 2.51. The van der Waals surface area contributed by atoms with E-state index >= 15 is 0 Å². The van der Waals surface area contributed by atoms with Crippen LogP contribution < -0.4 is 5.19 Å². The van der Waals surface area contributed by atoms with Crippen LogP contribution in [0.2, 0.25) is 19.1 Å². The molecule has 140 valence electrons. The Hall–Kier alpha value is -2.12. The first-order chi connectivity index (χ1) is 12.9. The summed E-state index contributed by atoms with van der Waals surface area (Å²) < 4.78 is 0. The van der Waals surface area contributed by atoms with Gasteiger partial charge >= 0.3 is 0 Å². The van der Waals surface area contributed by atoms with Crippen molar-refractivity contribution in [3.8, 4) is 0 Å². The zero-order chi connectivity index (χ0) is 19.3. The Balaban J connectivity index is 1.86. The molecule has 1 heteroatoms. The van der Waals surface area contributed by atoms with Crippen molar-refractivity contribution in [2.45, 2.75) is 51.2 Å². The molecule has 0 aliphatic heterocycles. The average molecular weight is 373 g/mol. The first-order valence-corrected chi connectivity index (χ1v) is 13.3. The number of rotatable bonds is 7. The van der Waals surface area contributed by atoms with Crippen molar-refractivity contribution in [3.63, 3.8) is 0 Å². The van der Waals surface area contributed by atoms with E-state index in [1.807, 2.05) is 0 Å². The molecule has 27 heavy (non-hydrogen) atoms. The summed E-state index contributed by atoms with van der Waals surface area (Å²) in [5, 5.41) is 1.57. The molecule has 3 aromatic carbocycles. The second kappa shape index (κ2) is 8.27. The van der Waals surface area contributed by atoms with Gasteiger partial charge in [0.1, 0.15) is 0 Å². The lowest BCUT2D eigenvalue weighted by molar-refractivity contribution is 0.449. The minimum atomic E-state index is -1.45. The standard InChI is InChI=1S/C26H32Si/c1-22-15-17-24(18-16-22)26(2,21-23-11-7-5-8-12-23)19-20-27(3,4)25-13-9-6-10-14-25/h5-18H,19-21H2,1-4H3. The van der Waals surface area contributed by atoms with Crippen molar-refractivity contribution >= 4 is 13.3 Å². The van der Waals surface area contributed by atoms with E-state index in [1.165, 1.54) is 29.2 Å². The summed E-state index contributed by atoms with van der Waals surface area (Å²) in [6, 6.07) is 32.6. The Morgan fingerprint density at radius 1 is 0.741 bits per heavy atom. The van der Waals surface area contributed by atoms with Gasteiger partial charge in [0.05, 0.1) is 8.07 Å². The van der Waals surface area contributed by atoms with E-state index in [2.05, 4.69) is 112 Å². The highest BCUT2D eigenvalue weighted by Crippen LogP contribution is 2.35. The van der Waals surface area contributed by atoms with Crippen LogP contribution in [0.3, 0.4) is 0 Å². The fourth-order valence-electron chi connectivity index (χ4n) is 3.96. The van der Waals surface area contributed by atoms with Crippen LogP contribution in [0.4, 0.5) is 0 Å². The molecule has 3 aromatic rings. The molecular weight excluding hydrogens is 340 g/mol. The monoisotopic (exact) mass is 372 g/mol. The molecule has 0 aliphatic rings. The molecule has 0 aromatic heterocycles. The van der Waals surface area contributed by atoms with Crippen LogP contribution in [-0.2, 0) is 11.8 Å². The molecule has 0 N–H and O–H groups in total. The predicted molar refractivity (Wildman–Crippen MR) is 122 cm³/mol. The zero-order valence-corrected chi connectivity index (χ0v) is 18.2. The van der Waals surface area contributed by atoms with Crippen LogP contribution in [-0.4, -0.2) is 8.07 Å². The zero-order valence-electron chi connectivity index (χ0n) is 17.2. The maximum atomic E-state index is 2.51. The van der Waals surface area contributed by atoms with Crippen molar-refractivity contribution in [2.24, 2.45) is 0 Å². The highest BCUT2D eigenvalue weighted by atomic mass is 28.3. The van der Waals surface area contributed by atoms with Gasteiger partial charge in [0.25, 0.3) is 0 Å². The lowest BCUT2D eigenvalue weighted by Crippen LogP contribution is -2.42. The molecule has 0 nitrogen and oxygen atoms in total. The van der Waals surface area contributed by atoms with E-state index in [-0.39, 0.29) is 5.41 Å². The lowest BCUT2D eigenvalue weighted by atomic mass is 9.75. The van der Waals surface area contributed by atoms with Crippen LogP contribution in [0.25, 0.3) is 0 Å². The van der Waals surface area contributed by atoms with Crippen molar-refractivity contribution in [1.82, 2.24) is 0 Å². The van der Waals surface area contributed by atoms with Gasteiger partial charge in [-0.15, -0.1) is 0 Å². The smallest absolute Gasteiger partial charge is 0.0654 e. The average Bonchev–Trinajstić information content (AvgIpc) is 2.68. The largest absolute Gasteiger partial charge is 0.0806 e. The SMILES string of the molecule is Cc1ccc(C(C)(CC[Si](C)(C)c2ccccc2)Cc2ccccc2)cc1. The number of benzene rings is 3. The third-order valence-electron chi connectivity index (χ3n) is 6.04. The molecule has 0 spiro atoms. The van der Waals surface area contributed by atoms with Crippen molar-refractivity contribution in [2.75, 3.05) is 0 Å². The fraction of sp³-hybridized carbons (Fsp3) is 0.308. The fourth-order valence-corrected chi connectivity index (χ4v) is 6.52. The van der Waals surface area contributed by atoms with E-state index in [1.54, 1.807) is 5.19 Å². The Morgan fingerprint density at radius 3 is 1.89 bits per heavy atom. The summed E-state index contributed by atoms with van der Waals surface area (Å²) in [4.78, 5) is 0. The van der Waals surface area contributed by atoms with Gasteiger partial charge in [0.15, 0.2) is 0 Å². The molecule has 0 saturated carbocycles. The van der Waals surface area contributed by atoms with Gasteiger partial charge in [-0.25, -0.2) is 0 Å². The van der Waals surface area contributed by atoms with Gasteiger partial charge in [-0.2, -0.15) is 0 Å². The Bertz CT molecular complexity index is 834. The van der Waals surface area contributed by atoms with Crippen molar-refractivity contribution < 1.29 is 0 Å². The first kappa shape index (κ1) is 19.6. The lowest BCUT2D eigenvalue weighted by Gasteiger charge is -2.34. The van der Waals surface area contributed by atoms with Crippen LogP contribution in [0, 0.1) is 6.92 Å². The molecule has 3 rings (SSSR count). The molecule has 1 unspecified atom stereocenters. The Kier molecular flexibility index (Phi) is 6.01. The highest BCUT2D eigenvalue weighted by molar-refractivity contribution is 6.89. The summed E-state index contributed by atoms with van der Waals surface area (Å²) in [6.45, 7) is 9.66. The summed E-state index contributed by atoms with van der Waals surface area (Å²) in [6.07, 6.45) is 2.31. The molecular formula is C26H32Si. The van der Waals surface area contributed by atoms with E-state index in [4.69, 9.17) is 0 Å². The topological polar surface area (TPSA) is 0 Å². The number of hydrogen-bond acceptors (Lipinski definition) is 0.